The van der Waals surface area contributed by atoms with Crippen LogP contribution in [0.3, 0.4) is 0 Å². The Bertz CT molecular complexity index is 469. The summed E-state index contributed by atoms with van der Waals surface area (Å²) >= 11 is 0. The van der Waals surface area contributed by atoms with Crippen LogP contribution < -0.4 is 16.4 Å². The Morgan fingerprint density at radius 1 is 1.19 bits per heavy atom. The van der Waals surface area contributed by atoms with Crippen LogP contribution in [0.1, 0.15) is 37.6 Å². The lowest BCUT2D eigenvalue weighted by molar-refractivity contribution is -0.120. The first-order chi connectivity index (χ1) is 9.97. The Morgan fingerprint density at radius 3 is 2.29 bits per heavy atom. The minimum atomic E-state index is -0.187. The van der Waals surface area contributed by atoms with E-state index < -0.39 is 0 Å². The van der Waals surface area contributed by atoms with Crippen molar-refractivity contribution < 1.29 is 9.59 Å². The molecular weight excluding hydrogens is 266 g/mol. The highest BCUT2D eigenvalue weighted by molar-refractivity contribution is 5.96. The Kier molecular flexibility index (Phi) is 6.88. The topological polar surface area (TPSA) is 84.2 Å². The third-order valence-corrected chi connectivity index (χ3v) is 3.16. The number of hydrogen-bond donors (Lipinski definition) is 3. The van der Waals surface area contributed by atoms with Gasteiger partial charge in [-0.05, 0) is 43.5 Å². The van der Waals surface area contributed by atoms with Gasteiger partial charge in [0.2, 0.25) is 5.91 Å². The van der Waals surface area contributed by atoms with E-state index in [-0.39, 0.29) is 17.7 Å². The molecular formula is C16H25N3O2. The molecule has 5 nitrogen and oxygen atoms in total. The molecule has 0 saturated heterocycles. The van der Waals surface area contributed by atoms with Gasteiger partial charge >= 0.3 is 0 Å². The van der Waals surface area contributed by atoms with Gasteiger partial charge in [0.1, 0.15) is 0 Å². The summed E-state index contributed by atoms with van der Waals surface area (Å²) < 4.78 is 0. The number of nitrogens with one attached hydrogen (secondary N) is 2. The standard InChI is InChI=1S/C16H25N3O2/c1-4-18-15(20)12-5-7-14(8-6-12)19-16(21)13(10-17)9-11(2)3/h5-8,11,13H,4,9-10,17H2,1-3H3,(H,18,20)(H,19,21). The quantitative estimate of drug-likeness (QED) is 0.718. The van der Waals surface area contributed by atoms with E-state index in [9.17, 15) is 9.59 Å². The molecule has 1 aromatic rings. The number of carbonyl (C=O) groups is 2. The average molecular weight is 291 g/mol. The van der Waals surface area contributed by atoms with Crippen LogP contribution in [0, 0.1) is 11.8 Å². The number of amides is 2. The second-order valence-corrected chi connectivity index (χ2v) is 5.49. The lowest BCUT2D eigenvalue weighted by Crippen LogP contribution is -2.30. The first kappa shape index (κ1) is 17.2. The van der Waals surface area contributed by atoms with E-state index >= 15 is 0 Å². The molecule has 5 heteroatoms. The van der Waals surface area contributed by atoms with Crippen molar-refractivity contribution in [1.82, 2.24) is 5.32 Å². The minimum absolute atomic E-state index is 0.0723. The lowest BCUT2D eigenvalue weighted by Gasteiger charge is -2.16. The van der Waals surface area contributed by atoms with E-state index in [4.69, 9.17) is 5.73 Å². The number of rotatable bonds is 7. The van der Waals surface area contributed by atoms with Crippen LogP contribution in [0.15, 0.2) is 24.3 Å². The molecule has 116 valence electrons. The van der Waals surface area contributed by atoms with Crippen molar-refractivity contribution >= 4 is 17.5 Å². The van der Waals surface area contributed by atoms with Crippen LogP contribution in [0.2, 0.25) is 0 Å². The molecule has 1 aromatic carbocycles. The maximum absolute atomic E-state index is 12.1. The number of nitrogens with two attached hydrogens (primary N) is 1. The molecule has 2 amide bonds. The van der Waals surface area contributed by atoms with E-state index in [1.165, 1.54) is 0 Å². The number of anilines is 1. The fourth-order valence-corrected chi connectivity index (χ4v) is 2.09. The molecule has 0 saturated carbocycles. The first-order valence-electron chi connectivity index (χ1n) is 7.37. The van der Waals surface area contributed by atoms with Gasteiger partial charge in [0.05, 0.1) is 5.92 Å². The molecule has 1 rings (SSSR count). The number of hydrogen-bond acceptors (Lipinski definition) is 3. The third kappa shape index (κ3) is 5.55. The van der Waals surface area contributed by atoms with Gasteiger partial charge in [-0.25, -0.2) is 0 Å². The van der Waals surface area contributed by atoms with Gasteiger partial charge in [-0.1, -0.05) is 13.8 Å². The molecule has 21 heavy (non-hydrogen) atoms. The highest BCUT2D eigenvalue weighted by Gasteiger charge is 2.18. The summed E-state index contributed by atoms with van der Waals surface area (Å²) in [6, 6.07) is 6.85. The van der Waals surface area contributed by atoms with Gasteiger partial charge in [0, 0.05) is 24.3 Å². The van der Waals surface area contributed by atoms with Crippen LogP contribution in [0.4, 0.5) is 5.69 Å². The maximum Gasteiger partial charge on any atom is 0.251 e. The lowest BCUT2D eigenvalue weighted by atomic mass is 9.96. The monoisotopic (exact) mass is 291 g/mol. The van der Waals surface area contributed by atoms with Gasteiger partial charge in [-0.15, -0.1) is 0 Å². The number of benzene rings is 1. The van der Waals surface area contributed by atoms with Crippen molar-refractivity contribution in [3.05, 3.63) is 29.8 Å². The molecule has 0 aliphatic rings. The molecule has 0 heterocycles. The van der Waals surface area contributed by atoms with Gasteiger partial charge in [-0.2, -0.15) is 0 Å². The summed E-state index contributed by atoms with van der Waals surface area (Å²) in [7, 11) is 0. The van der Waals surface area contributed by atoms with Crippen LogP contribution >= 0.6 is 0 Å². The molecule has 0 spiro atoms. The smallest absolute Gasteiger partial charge is 0.251 e. The zero-order valence-electron chi connectivity index (χ0n) is 13.0. The minimum Gasteiger partial charge on any atom is -0.352 e. The van der Waals surface area contributed by atoms with E-state index in [1.54, 1.807) is 24.3 Å². The van der Waals surface area contributed by atoms with Gasteiger partial charge in [-0.3, -0.25) is 9.59 Å². The maximum atomic E-state index is 12.1. The first-order valence-corrected chi connectivity index (χ1v) is 7.37. The van der Waals surface area contributed by atoms with Crippen molar-refractivity contribution in [3.63, 3.8) is 0 Å². The average Bonchev–Trinajstić information content (AvgIpc) is 2.45. The van der Waals surface area contributed by atoms with Gasteiger partial charge in [0.15, 0.2) is 0 Å². The summed E-state index contributed by atoms with van der Waals surface area (Å²) in [5, 5.41) is 5.57. The Balaban J connectivity index is 2.66. The summed E-state index contributed by atoms with van der Waals surface area (Å²) in [4.78, 5) is 23.8. The summed E-state index contributed by atoms with van der Waals surface area (Å²) in [6.07, 6.45) is 0.763. The van der Waals surface area contributed by atoms with Gasteiger partial charge < -0.3 is 16.4 Å². The van der Waals surface area contributed by atoms with Crippen molar-refractivity contribution in [1.29, 1.82) is 0 Å². The summed E-state index contributed by atoms with van der Waals surface area (Å²) in [5.41, 5.74) is 6.91. The summed E-state index contributed by atoms with van der Waals surface area (Å²) in [6.45, 7) is 6.92. The molecule has 0 radical (unpaired) electrons. The van der Waals surface area contributed by atoms with Crippen molar-refractivity contribution in [2.75, 3.05) is 18.4 Å². The zero-order valence-corrected chi connectivity index (χ0v) is 13.0. The van der Waals surface area contributed by atoms with Crippen LogP contribution in [-0.2, 0) is 4.79 Å². The Morgan fingerprint density at radius 2 is 1.81 bits per heavy atom. The van der Waals surface area contributed by atoms with Crippen LogP contribution in [0.5, 0.6) is 0 Å². The molecule has 0 aliphatic heterocycles. The van der Waals surface area contributed by atoms with Crippen LogP contribution in [-0.4, -0.2) is 24.9 Å². The largest absolute Gasteiger partial charge is 0.352 e. The Hall–Kier alpha value is -1.88. The van der Waals surface area contributed by atoms with Gasteiger partial charge in [0.25, 0.3) is 5.91 Å². The normalized spacial score (nSPS) is 12.0. The van der Waals surface area contributed by atoms with Crippen molar-refractivity contribution in [2.45, 2.75) is 27.2 Å². The molecule has 0 fully saturated rings. The van der Waals surface area contributed by atoms with Crippen LogP contribution in [0.25, 0.3) is 0 Å². The second-order valence-electron chi connectivity index (χ2n) is 5.49. The van der Waals surface area contributed by atoms with Crippen molar-refractivity contribution in [3.8, 4) is 0 Å². The van der Waals surface area contributed by atoms with E-state index in [0.29, 0.717) is 30.3 Å². The SMILES string of the molecule is CCNC(=O)c1ccc(NC(=O)C(CN)CC(C)C)cc1. The van der Waals surface area contributed by atoms with E-state index in [0.717, 1.165) is 6.42 Å². The molecule has 0 bridgehead atoms. The molecule has 1 unspecified atom stereocenters. The van der Waals surface area contributed by atoms with E-state index in [1.807, 2.05) is 6.92 Å². The number of carbonyl (C=O) groups excluding carboxylic acids is 2. The van der Waals surface area contributed by atoms with Crippen molar-refractivity contribution in [2.24, 2.45) is 17.6 Å². The molecule has 1 atom stereocenters. The third-order valence-electron chi connectivity index (χ3n) is 3.16. The highest BCUT2D eigenvalue weighted by atomic mass is 16.2. The Labute approximate surface area is 126 Å². The fraction of sp³-hybridized carbons (Fsp3) is 0.500. The predicted molar refractivity (Wildman–Crippen MR) is 85.1 cm³/mol. The van der Waals surface area contributed by atoms with E-state index in [2.05, 4.69) is 24.5 Å². The zero-order chi connectivity index (χ0) is 15.8. The highest BCUT2D eigenvalue weighted by Crippen LogP contribution is 2.15. The fourth-order valence-electron chi connectivity index (χ4n) is 2.09. The molecule has 0 aliphatic carbocycles. The summed E-state index contributed by atoms with van der Waals surface area (Å²) in [5.74, 6) is 0.0458. The second kappa shape index (κ2) is 8.42. The predicted octanol–water partition coefficient (Wildman–Crippen LogP) is 2.00. The molecule has 0 aromatic heterocycles. The molecule has 4 N–H and O–H groups in total.